The molecule has 0 bridgehead atoms. The molecule has 4 heteroatoms. The third-order valence-corrected chi connectivity index (χ3v) is 2.76. The van der Waals surface area contributed by atoms with Crippen LogP contribution in [0.15, 0.2) is 19.1 Å². The van der Waals surface area contributed by atoms with Gasteiger partial charge < -0.3 is 10.3 Å². The molecular weight excluding hydrogens is 214 g/mol. The molecule has 1 rings (SSSR count). The van der Waals surface area contributed by atoms with Crippen LogP contribution in [0.25, 0.3) is 5.57 Å². The lowest BCUT2D eigenvalue weighted by Gasteiger charge is -2.01. The number of aromatic nitrogens is 2. The summed E-state index contributed by atoms with van der Waals surface area (Å²) in [7, 11) is 0. The fourth-order valence-electron chi connectivity index (χ4n) is 1.66. The van der Waals surface area contributed by atoms with Crippen LogP contribution in [0.4, 0.5) is 0 Å². The maximum absolute atomic E-state index is 10.9. The highest BCUT2D eigenvalue weighted by Gasteiger charge is 2.07. The van der Waals surface area contributed by atoms with Crippen LogP contribution < -0.4 is 5.73 Å². The van der Waals surface area contributed by atoms with Crippen LogP contribution >= 0.6 is 0 Å². The van der Waals surface area contributed by atoms with Gasteiger partial charge in [-0.05, 0) is 6.42 Å². The van der Waals surface area contributed by atoms with Crippen molar-refractivity contribution in [1.29, 1.82) is 0 Å². The lowest BCUT2D eigenvalue weighted by molar-refractivity contribution is -0.112. The quantitative estimate of drug-likeness (QED) is 0.555. The smallest absolute Gasteiger partial charge is 0.250 e. The first kappa shape index (κ1) is 13.5. The van der Waals surface area contributed by atoms with Crippen LogP contribution in [-0.4, -0.2) is 15.5 Å². The van der Waals surface area contributed by atoms with Crippen molar-refractivity contribution in [2.24, 2.45) is 5.73 Å². The number of carbonyl (C=O) groups excluding carboxylic acids is 1. The number of imidazole rings is 1. The molecule has 0 aromatic carbocycles. The van der Waals surface area contributed by atoms with Crippen molar-refractivity contribution in [2.45, 2.75) is 45.6 Å². The Hall–Kier alpha value is -1.58. The normalized spacial score (nSPS) is 10.4. The number of hydrogen-bond donors (Lipinski definition) is 1. The fraction of sp³-hybridized carbons (Fsp3) is 0.538. The molecule has 0 atom stereocenters. The van der Waals surface area contributed by atoms with Gasteiger partial charge in [0, 0.05) is 12.7 Å². The van der Waals surface area contributed by atoms with Crippen molar-refractivity contribution in [2.75, 3.05) is 0 Å². The number of hydrogen-bond acceptors (Lipinski definition) is 2. The van der Waals surface area contributed by atoms with E-state index in [9.17, 15) is 4.79 Å². The van der Waals surface area contributed by atoms with Crippen LogP contribution in [0.5, 0.6) is 0 Å². The average molecular weight is 235 g/mol. The van der Waals surface area contributed by atoms with Gasteiger partial charge in [-0.3, -0.25) is 4.79 Å². The van der Waals surface area contributed by atoms with E-state index in [1.807, 2.05) is 10.8 Å². The van der Waals surface area contributed by atoms with Gasteiger partial charge in [0.2, 0.25) is 5.91 Å². The van der Waals surface area contributed by atoms with Gasteiger partial charge in [0.05, 0.1) is 17.6 Å². The van der Waals surface area contributed by atoms with Crippen molar-refractivity contribution < 1.29 is 4.79 Å². The number of aryl methyl sites for hydroxylation is 1. The van der Waals surface area contributed by atoms with Crippen LogP contribution in [0.3, 0.4) is 0 Å². The third kappa shape index (κ3) is 4.43. The molecule has 0 radical (unpaired) electrons. The molecule has 4 nitrogen and oxygen atoms in total. The molecule has 1 aromatic rings. The molecule has 1 amide bonds. The molecule has 2 N–H and O–H groups in total. The van der Waals surface area contributed by atoms with Crippen LogP contribution in [0.1, 0.15) is 44.7 Å². The number of primary amides is 1. The van der Waals surface area contributed by atoms with Gasteiger partial charge in [0.1, 0.15) is 0 Å². The first-order valence-electron chi connectivity index (χ1n) is 6.16. The highest BCUT2D eigenvalue weighted by molar-refractivity contribution is 6.17. The average Bonchev–Trinajstić information content (AvgIpc) is 2.76. The second kappa shape index (κ2) is 6.89. The Kier molecular flexibility index (Phi) is 5.46. The number of carbonyl (C=O) groups is 1. The SMILES string of the molecule is C=C(C(N)=O)c1cn(CCCCCCC)cn1. The monoisotopic (exact) mass is 235 g/mol. The third-order valence-electron chi connectivity index (χ3n) is 2.76. The molecule has 1 heterocycles. The molecule has 0 spiro atoms. The second-order valence-corrected chi connectivity index (χ2v) is 4.25. The molecule has 0 saturated carbocycles. The number of nitrogens with two attached hydrogens (primary N) is 1. The molecule has 0 saturated heterocycles. The van der Waals surface area contributed by atoms with Crippen LogP contribution in [0, 0.1) is 0 Å². The Morgan fingerprint density at radius 2 is 2.12 bits per heavy atom. The van der Waals surface area contributed by atoms with Gasteiger partial charge in [-0.2, -0.15) is 0 Å². The van der Waals surface area contributed by atoms with Gasteiger partial charge in [-0.25, -0.2) is 4.98 Å². The zero-order valence-corrected chi connectivity index (χ0v) is 10.5. The number of unbranched alkanes of at least 4 members (excludes halogenated alkanes) is 4. The Morgan fingerprint density at radius 3 is 2.76 bits per heavy atom. The Bertz CT molecular complexity index is 382. The minimum atomic E-state index is -0.516. The van der Waals surface area contributed by atoms with Crippen molar-refractivity contribution in [3.63, 3.8) is 0 Å². The van der Waals surface area contributed by atoms with Crippen molar-refractivity contribution in [3.8, 4) is 0 Å². The molecule has 0 aliphatic carbocycles. The number of nitrogens with zero attached hydrogens (tertiary/aromatic N) is 2. The van der Waals surface area contributed by atoms with Crippen molar-refractivity contribution in [3.05, 3.63) is 24.8 Å². The van der Waals surface area contributed by atoms with E-state index in [1.165, 1.54) is 25.7 Å². The summed E-state index contributed by atoms with van der Waals surface area (Å²) in [5, 5.41) is 0. The zero-order valence-electron chi connectivity index (χ0n) is 10.5. The highest BCUT2D eigenvalue weighted by atomic mass is 16.1. The van der Waals surface area contributed by atoms with E-state index >= 15 is 0 Å². The minimum Gasteiger partial charge on any atom is -0.366 e. The maximum atomic E-state index is 10.9. The van der Waals surface area contributed by atoms with Gasteiger partial charge >= 0.3 is 0 Å². The van der Waals surface area contributed by atoms with E-state index in [4.69, 9.17) is 5.73 Å². The van der Waals surface area contributed by atoms with Gasteiger partial charge in [0.25, 0.3) is 0 Å². The summed E-state index contributed by atoms with van der Waals surface area (Å²) in [5.74, 6) is -0.516. The largest absolute Gasteiger partial charge is 0.366 e. The second-order valence-electron chi connectivity index (χ2n) is 4.25. The standard InChI is InChI=1S/C13H21N3O/c1-3-4-5-6-7-8-16-9-12(15-10-16)11(2)13(14)17/h9-10H,2-8H2,1H3,(H2,14,17). The zero-order chi connectivity index (χ0) is 12.7. The van der Waals surface area contributed by atoms with Crippen molar-refractivity contribution >= 4 is 11.5 Å². The summed E-state index contributed by atoms with van der Waals surface area (Å²) in [5.41, 5.74) is 5.99. The molecule has 0 aliphatic heterocycles. The summed E-state index contributed by atoms with van der Waals surface area (Å²) in [6.07, 6.45) is 9.76. The maximum Gasteiger partial charge on any atom is 0.250 e. The summed E-state index contributed by atoms with van der Waals surface area (Å²) in [6.45, 7) is 6.75. The van der Waals surface area contributed by atoms with Gasteiger partial charge in [-0.1, -0.05) is 39.2 Å². The minimum absolute atomic E-state index is 0.273. The van der Waals surface area contributed by atoms with E-state index in [2.05, 4.69) is 18.5 Å². The molecule has 0 unspecified atom stereocenters. The van der Waals surface area contributed by atoms with E-state index in [1.54, 1.807) is 6.33 Å². The molecular formula is C13H21N3O. The van der Waals surface area contributed by atoms with E-state index < -0.39 is 5.91 Å². The Morgan fingerprint density at radius 1 is 1.41 bits per heavy atom. The molecule has 17 heavy (non-hydrogen) atoms. The number of rotatable bonds is 8. The summed E-state index contributed by atoms with van der Waals surface area (Å²) in [4.78, 5) is 15.0. The summed E-state index contributed by atoms with van der Waals surface area (Å²) in [6, 6.07) is 0. The fourth-order valence-corrected chi connectivity index (χ4v) is 1.66. The predicted octanol–water partition coefficient (Wildman–Crippen LogP) is 2.35. The lowest BCUT2D eigenvalue weighted by atomic mass is 10.1. The Balaban J connectivity index is 2.36. The van der Waals surface area contributed by atoms with Crippen LogP contribution in [-0.2, 0) is 11.3 Å². The first-order valence-corrected chi connectivity index (χ1v) is 6.16. The molecule has 1 aromatic heterocycles. The topological polar surface area (TPSA) is 60.9 Å². The van der Waals surface area contributed by atoms with Crippen LogP contribution in [0.2, 0.25) is 0 Å². The van der Waals surface area contributed by atoms with E-state index in [0.717, 1.165) is 13.0 Å². The predicted molar refractivity (Wildman–Crippen MR) is 69.2 cm³/mol. The van der Waals surface area contributed by atoms with E-state index in [-0.39, 0.29) is 5.57 Å². The Labute approximate surface area is 103 Å². The lowest BCUT2D eigenvalue weighted by Crippen LogP contribution is -2.12. The summed E-state index contributed by atoms with van der Waals surface area (Å²) < 4.78 is 1.98. The first-order chi connectivity index (χ1) is 8.15. The van der Waals surface area contributed by atoms with Gasteiger partial charge in [0.15, 0.2) is 0 Å². The molecule has 0 aliphatic rings. The summed E-state index contributed by atoms with van der Waals surface area (Å²) >= 11 is 0. The van der Waals surface area contributed by atoms with Crippen molar-refractivity contribution in [1.82, 2.24) is 9.55 Å². The molecule has 94 valence electrons. The van der Waals surface area contributed by atoms with E-state index in [0.29, 0.717) is 5.69 Å². The number of amides is 1. The molecule has 0 fully saturated rings. The van der Waals surface area contributed by atoms with Gasteiger partial charge in [-0.15, -0.1) is 0 Å². The highest BCUT2D eigenvalue weighted by Crippen LogP contribution is 2.10.